The fourth-order valence-electron chi connectivity index (χ4n) is 1.44. The van der Waals surface area contributed by atoms with Crippen LogP contribution in [0.5, 0.6) is 5.75 Å². The monoisotopic (exact) mass is 283 g/mol. The Hall–Kier alpha value is -1.53. The number of thiophene rings is 1. The molecule has 0 atom stereocenters. The van der Waals surface area contributed by atoms with E-state index < -0.39 is 10.0 Å². The van der Waals surface area contributed by atoms with E-state index in [0.29, 0.717) is 22.3 Å². The van der Waals surface area contributed by atoms with Gasteiger partial charge in [-0.1, -0.05) is 12.1 Å². The van der Waals surface area contributed by atoms with Gasteiger partial charge in [-0.3, -0.25) is 4.72 Å². The maximum Gasteiger partial charge on any atom is 0.271 e. The number of nitrogens with one attached hydrogen (secondary N) is 1. The Bertz CT molecular complexity index is 606. The number of sulfonamides is 1. The molecule has 0 saturated carbocycles. The molecule has 0 aliphatic heterocycles. The summed E-state index contributed by atoms with van der Waals surface area (Å²) in [4.78, 5) is 0. The van der Waals surface area contributed by atoms with Gasteiger partial charge < -0.3 is 4.74 Å². The fourth-order valence-corrected chi connectivity index (χ4v) is 3.48. The molecule has 96 valence electrons. The first kappa shape index (κ1) is 12.9. The molecule has 6 heteroatoms. The molecular formula is C12H13NO3S2. The Labute approximate surface area is 110 Å². The van der Waals surface area contributed by atoms with Crippen LogP contribution in [0.2, 0.25) is 0 Å². The molecule has 1 heterocycles. The molecular weight excluding hydrogens is 270 g/mol. The van der Waals surface area contributed by atoms with Gasteiger partial charge in [-0.05, 0) is 30.5 Å². The second-order valence-electron chi connectivity index (χ2n) is 3.50. The number of rotatable bonds is 5. The quantitative estimate of drug-likeness (QED) is 0.918. The van der Waals surface area contributed by atoms with Gasteiger partial charge in [0, 0.05) is 6.07 Å². The van der Waals surface area contributed by atoms with Crippen LogP contribution < -0.4 is 9.46 Å². The number of benzene rings is 1. The highest BCUT2D eigenvalue weighted by Crippen LogP contribution is 2.22. The van der Waals surface area contributed by atoms with Gasteiger partial charge >= 0.3 is 0 Å². The van der Waals surface area contributed by atoms with Gasteiger partial charge in [0.1, 0.15) is 9.96 Å². The largest absolute Gasteiger partial charge is 0.494 e. The Morgan fingerprint density at radius 3 is 2.78 bits per heavy atom. The molecule has 2 rings (SSSR count). The Kier molecular flexibility index (Phi) is 3.88. The van der Waals surface area contributed by atoms with Crippen LogP contribution in [0.15, 0.2) is 46.0 Å². The molecule has 2 aromatic rings. The van der Waals surface area contributed by atoms with Crippen molar-refractivity contribution >= 4 is 27.0 Å². The number of anilines is 1. The second kappa shape index (κ2) is 5.41. The standard InChI is InChI=1S/C12H13NO3S2/c1-2-16-11-6-3-5-10(9-11)13-18(14,15)12-7-4-8-17-12/h3-9,13H,2H2,1H3. The Morgan fingerprint density at radius 2 is 2.11 bits per heavy atom. The minimum absolute atomic E-state index is 0.296. The molecule has 0 amide bonds. The van der Waals surface area contributed by atoms with Crippen molar-refractivity contribution in [1.82, 2.24) is 0 Å². The zero-order chi connectivity index (χ0) is 13.0. The molecule has 18 heavy (non-hydrogen) atoms. The van der Waals surface area contributed by atoms with Crippen LogP contribution in [0.25, 0.3) is 0 Å². The van der Waals surface area contributed by atoms with Crippen molar-refractivity contribution in [2.75, 3.05) is 11.3 Å². The van der Waals surface area contributed by atoms with Gasteiger partial charge in [0.05, 0.1) is 12.3 Å². The lowest BCUT2D eigenvalue weighted by atomic mass is 10.3. The third-order valence-corrected chi connectivity index (χ3v) is 4.94. The lowest BCUT2D eigenvalue weighted by Crippen LogP contribution is -2.11. The molecule has 0 fully saturated rings. The summed E-state index contributed by atoms with van der Waals surface area (Å²) in [5, 5.41) is 1.73. The maximum atomic E-state index is 12.0. The molecule has 0 spiro atoms. The smallest absolute Gasteiger partial charge is 0.271 e. The van der Waals surface area contributed by atoms with Gasteiger partial charge in [-0.2, -0.15) is 0 Å². The summed E-state index contributed by atoms with van der Waals surface area (Å²) >= 11 is 1.18. The van der Waals surface area contributed by atoms with E-state index in [-0.39, 0.29) is 0 Å². The van der Waals surface area contributed by atoms with Crippen molar-refractivity contribution in [3.63, 3.8) is 0 Å². The van der Waals surface area contributed by atoms with E-state index in [9.17, 15) is 8.42 Å². The first-order valence-corrected chi connectivity index (χ1v) is 7.77. The predicted molar refractivity (Wildman–Crippen MR) is 72.7 cm³/mol. The van der Waals surface area contributed by atoms with Crippen molar-refractivity contribution in [3.05, 3.63) is 41.8 Å². The average Bonchev–Trinajstić information content (AvgIpc) is 2.83. The molecule has 1 aromatic carbocycles. The molecule has 0 saturated heterocycles. The lowest BCUT2D eigenvalue weighted by molar-refractivity contribution is 0.340. The molecule has 1 N–H and O–H groups in total. The third-order valence-electron chi connectivity index (χ3n) is 2.16. The van der Waals surface area contributed by atoms with Crippen molar-refractivity contribution in [3.8, 4) is 5.75 Å². The first-order chi connectivity index (χ1) is 8.62. The van der Waals surface area contributed by atoms with Crippen molar-refractivity contribution in [1.29, 1.82) is 0 Å². The topological polar surface area (TPSA) is 55.4 Å². The van der Waals surface area contributed by atoms with E-state index in [1.54, 1.807) is 41.8 Å². The number of hydrogen-bond acceptors (Lipinski definition) is 4. The molecule has 0 unspecified atom stereocenters. The van der Waals surface area contributed by atoms with Crippen LogP contribution in [0.4, 0.5) is 5.69 Å². The maximum absolute atomic E-state index is 12.0. The normalized spacial score (nSPS) is 11.2. The van der Waals surface area contributed by atoms with Crippen LogP contribution in [-0.4, -0.2) is 15.0 Å². The van der Waals surface area contributed by atoms with E-state index in [4.69, 9.17) is 4.74 Å². The van der Waals surface area contributed by atoms with Crippen molar-refractivity contribution < 1.29 is 13.2 Å². The van der Waals surface area contributed by atoms with Gasteiger partial charge in [0.25, 0.3) is 10.0 Å². The van der Waals surface area contributed by atoms with Gasteiger partial charge in [0.15, 0.2) is 0 Å². The van der Waals surface area contributed by atoms with Crippen molar-refractivity contribution in [2.45, 2.75) is 11.1 Å². The highest BCUT2D eigenvalue weighted by molar-refractivity contribution is 7.94. The van der Waals surface area contributed by atoms with Gasteiger partial charge in [-0.15, -0.1) is 11.3 Å². The van der Waals surface area contributed by atoms with E-state index in [0.717, 1.165) is 0 Å². The van der Waals surface area contributed by atoms with E-state index in [1.807, 2.05) is 6.92 Å². The summed E-state index contributed by atoms with van der Waals surface area (Å²) in [7, 11) is -3.49. The second-order valence-corrected chi connectivity index (χ2v) is 6.36. The zero-order valence-corrected chi connectivity index (χ0v) is 11.4. The SMILES string of the molecule is CCOc1cccc(NS(=O)(=O)c2cccs2)c1. The first-order valence-electron chi connectivity index (χ1n) is 5.41. The highest BCUT2D eigenvalue weighted by atomic mass is 32.2. The average molecular weight is 283 g/mol. The van der Waals surface area contributed by atoms with Gasteiger partial charge in [-0.25, -0.2) is 8.42 Å². The number of hydrogen-bond donors (Lipinski definition) is 1. The molecule has 1 aromatic heterocycles. The highest BCUT2D eigenvalue weighted by Gasteiger charge is 2.15. The van der Waals surface area contributed by atoms with E-state index >= 15 is 0 Å². The summed E-state index contributed by atoms with van der Waals surface area (Å²) < 4.78 is 32.1. The summed E-state index contributed by atoms with van der Waals surface area (Å²) in [6.07, 6.45) is 0. The van der Waals surface area contributed by atoms with Crippen LogP contribution in [0, 0.1) is 0 Å². The lowest BCUT2D eigenvalue weighted by Gasteiger charge is -2.08. The minimum atomic E-state index is -3.49. The fraction of sp³-hybridized carbons (Fsp3) is 0.167. The van der Waals surface area contributed by atoms with Crippen LogP contribution in [0.3, 0.4) is 0 Å². The summed E-state index contributed by atoms with van der Waals surface area (Å²) in [5.74, 6) is 0.642. The van der Waals surface area contributed by atoms with Gasteiger partial charge in [0.2, 0.25) is 0 Å². The molecule has 0 radical (unpaired) electrons. The van der Waals surface area contributed by atoms with Crippen molar-refractivity contribution in [2.24, 2.45) is 0 Å². The molecule has 0 aliphatic rings. The Morgan fingerprint density at radius 1 is 1.28 bits per heavy atom. The molecule has 4 nitrogen and oxygen atoms in total. The summed E-state index contributed by atoms with van der Waals surface area (Å²) in [6, 6.07) is 10.2. The van der Waals surface area contributed by atoms with Crippen LogP contribution in [0.1, 0.15) is 6.92 Å². The Balaban J connectivity index is 2.21. The van der Waals surface area contributed by atoms with E-state index in [2.05, 4.69) is 4.72 Å². The predicted octanol–water partition coefficient (Wildman–Crippen LogP) is 2.95. The summed E-state index contributed by atoms with van der Waals surface area (Å²) in [6.45, 7) is 2.42. The molecule has 0 bridgehead atoms. The minimum Gasteiger partial charge on any atom is -0.494 e. The van der Waals surface area contributed by atoms with Crippen LogP contribution in [-0.2, 0) is 10.0 Å². The third kappa shape index (κ3) is 3.02. The van der Waals surface area contributed by atoms with Crippen LogP contribution >= 0.6 is 11.3 Å². The molecule has 0 aliphatic carbocycles. The summed E-state index contributed by atoms with van der Waals surface area (Å²) in [5.41, 5.74) is 0.495. The van der Waals surface area contributed by atoms with E-state index in [1.165, 1.54) is 11.3 Å². The zero-order valence-electron chi connectivity index (χ0n) is 9.79. The number of ether oxygens (including phenoxy) is 1.